The minimum Gasteiger partial charge on any atom is -0.497 e. The second-order valence-corrected chi connectivity index (χ2v) is 3.95. The van der Waals surface area contributed by atoms with Crippen molar-refractivity contribution in [2.75, 3.05) is 20.8 Å². The summed E-state index contributed by atoms with van der Waals surface area (Å²) in [5.41, 5.74) is 1.70. The van der Waals surface area contributed by atoms with Crippen LogP contribution in [0, 0.1) is 0 Å². The van der Waals surface area contributed by atoms with E-state index in [1.165, 1.54) is 0 Å². The number of aromatic nitrogens is 2. The molecule has 0 saturated carbocycles. The van der Waals surface area contributed by atoms with Gasteiger partial charge in [-0.25, -0.2) is 4.79 Å². The zero-order valence-corrected chi connectivity index (χ0v) is 11.6. The van der Waals surface area contributed by atoms with Crippen molar-refractivity contribution in [2.24, 2.45) is 0 Å². The van der Waals surface area contributed by atoms with Crippen LogP contribution in [0.5, 0.6) is 11.5 Å². The summed E-state index contributed by atoms with van der Waals surface area (Å²) in [7, 11) is 3.16. The van der Waals surface area contributed by atoms with Gasteiger partial charge in [0.15, 0.2) is 5.69 Å². The molecule has 1 N–H and O–H groups in total. The summed E-state index contributed by atoms with van der Waals surface area (Å²) in [4.78, 5) is 11.6. The number of aromatic amines is 1. The second-order valence-electron chi connectivity index (χ2n) is 3.95. The molecule has 0 radical (unpaired) electrons. The maximum atomic E-state index is 11.6. The van der Waals surface area contributed by atoms with Crippen molar-refractivity contribution < 1.29 is 19.0 Å². The highest BCUT2D eigenvalue weighted by atomic mass is 16.5. The molecule has 106 valence electrons. The molecule has 0 amide bonds. The number of esters is 1. The molecule has 0 saturated heterocycles. The molecule has 0 atom stereocenters. The first kappa shape index (κ1) is 13.9. The third-order valence-corrected chi connectivity index (χ3v) is 2.76. The highest BCUT2D eigenvalue weighted by Crippen LogP contribution is 2.32. The van der Waals surface area contributed by atoms with E-state index in [9.17, 15) is 4.79 Å². The Labute approximate surface area is 116 Å². The van der Waals surface area contributed by atoms with Crippen LogP contribution in [0.15, 0.2) is 24.3 Å². The van der Waals surface area contributed by atoms with Crippen molar-refractivity contribution in [3.05, 3.63) is 30.0 Å². The Morgan fingerprint density at radius 2 is 2.05 bits per heavy atom. The molecule has 2 rings (SSSR count). The summed E-state index contributed by atoms with van der Waals surface area (Å²) in [5, 5.41) is 6.74. The van der Waals surface area contributed by atoms with Crippen molar-refractivity contribution in [3.8, 4) is 22.8 Å². The number of carbonyl (C=O) groups is 1. The van der Waals surface area contributed by atoms with Crippen LogP contribution in [-0.4, -0.2) is 37.0 Å². The molecule has 0 fully saturated rings. The quantitative estimate of drug-likeness (QED) is 0.848. The number of benzene rings is 1. The molecular weight excluding hydrogens is 260 g/mol. The molecular formula is C14H16N2O4. The number of ether oxygens (including phenoxy) is 3. The summed E-state index contributed by atoms with van der Waals surface area (Å²) in [6, 6.07) is 7.03. The van der Waals surface area contributed by atoms with Crippen LogP contribution in [-0.2, 0) is 4.74 Å². The molecule has 1 aromatic carbocycles. The Morgan fingerprint density at radius 3 is 2.70 bits per heavy atom. The SMILES string of the molecule is CCOC(=O)c1cc(-c2ccc(OC)cc2OC)[nH]n1. The van der Waals surface area contributed by atoms with Crippen molar-refractivity contribution in [2.45, 2.75) is 6.92 Å². The van der Waals surface area contributed by atoms with E-state index in [0.29, 0.717) is 23.8 Å². The van der Waals surface area contributed by atoms with E-state index < -0.39 is 5.97 Å². The fourth-order valence-electron chi connectivity index (χ4n) is 1.79. The Balaban J connectivity index is 2.34. The lowest BCUT2D eigenvalue weighted by atomic mass is 10.1. The van der Waals surface area contributed by atoms with Gasteiger partial charge in [0.1, 0.15) is 11.5 Å². The number of hydrogen-bond acceptors (Lipinski definition) is 5. The van der Waals surface area contributed by atoms with Gasteiger partial charge in [-0.2, -0.15) is 5.10 Å². The molecule has 0 unspecified atom stereocenters. The van der Waals surface area contributed by atoms with E-state index in [0.717, 1.165) is 5.56 Å². The molecule has 0 aliphatic carbocycles. The Morgan fingerprint density at radius 1 is 1.25 bits per heavy atom. The highest BCUT2D eigenvalue weighted by molar-refractivity contribution is 5.89. The van der Waals surface area contributed by atoms with Crippen molar-refractivity contribution in [1.29, 1.82) is 0 Å². The van der Waals surface area contributed by atoms with E-state index >= 15 is 0 Å². The Hall–Kier alpha value is -2.50. The van der Waals surface area contributed by atoms with Gasteiger partial charge in [-0.1, -0.05) is 0 Å². The fourth-order valence-corrected chi connectivity index (χ4v) is 1.79. The fraction of sp³-hybridized carbons (Fsp3) is 0.286. The molecule has 2 aromatic rings. The zero-order chi connectivity index (χ0) is 14.5. The van der Waals surface area contributed by atoms with Gasteiger partial charge in [0.2, 0.25) is 0 Å². The second kappa shape index (κ2) is 6.10. The summed E-state index contributed by atoms with van der Waals surface area (Å²) in [6.07, 6.45) is 0. The summed E-state index contributed by atoms with van der Waals surface area (Å²) < 4.78 is 15.4. The number of nitrogens with zero attached hydrogens (tertiary/aromatic N) is 1. The first-order chi connectivity index (χ1) is 9.69. The maximum Gasteiger partial charge on any atom is 0.358 e. The Bertz CT molecular complexity index is 607. The van der Waals surface area contributed by atoms with E-state index in [1.54, 1.807) is 33.3 Å². The summed E-state index contributed by atoms with van der Waals surface area (Å²) >= 11 is 0. The molecule has 1 heterocycles. The monoisotopic (exact) mass is 276 g/mol. The van der Waals surface area contributed by atoms with Gasteiger partial charge < -0.3 is 14.2 Å². The average Bonchev–Trinajstić information content (AvgIpc) is 2.96. The highest BCUT2D eigenvalue weighted by Gasteiger charge is 2.15. The predicted molar refractivity (Wildman–Crippen MR) is 73.1 cm³/mol. The number of rotatable bonds is 5. The van der Waals surface area contributed by atoms with Crippen molar-refractivity contribution in [1.82, 2.24) is 10.2 Å². The van der Waals surface area contributed by atoms with Crippen molar-refractivity contribution in [3.63, 3.8) is 0 Å². The molecule has 0 aliphatic heterocycles. The molecule has 6 heteroatoms. The molecule has 20 heavy (non-hydrogen) atoms. The van der Waals surface area contributed by atoms with Crippen molar-refractivity contribution >= 4 is 5.97 Å². The smallest absolute Gasteiger partial charge is 0.358 e. The molecule has 6 nitrogen and oxygen atoms in total. The summed E-state index contributed by atoms with van der Waals surface area (Å²) in [6.45, 7) is 2.06. The van der Waals surface area contributed by atoms with Gasteiger partial charge in [0.25, 0.3) is 0 Å². The number of H-pyrrole nitrogens is 1. The van der Waals surface area contributed by atoms with Gasteiger partial charge in [-0.15, -0.1) is 0 Å². The van der Waals surface area contributed by atoms with Gasteiger partial charge in [0, 0.05) is 11.6 Å². The van der Waals surface area contributed by atoms with E-state index in [-0.39, 0.29) is 5.69 Å². The predicted octanol–water partition coefficient (Wildman–Crippen LogP) is 2.27. The number of hydrogen-bond donors (Lipinski definition) is 1. The first-order valence-electron chi connectivity index (χ1n) is 6.14. The van der Waals surface area contributed by atoms with Gasteiger partial charge in [-0.05, 0) is 25.1 Å². The summed E-state index contributed by atoms with van der Waals surface area (Å²) in [5.74, 6) is 0.863. The first-order valence-corrected chi connectivity index (χ1v) is 6.14. The van der Waals surface area contributed by atoms with Gasteiger partial charge >= 0.3 is 5.97 Å². The number of methoxy groups -OCH3 is 2. The lowest BCUT2D eigenvalue weighted by Gasteiger charge is -2.08. The Kier molecular flexibility index (Phi) is 4.24. The number of nitrogens with one attached hydrogen (secondary N) is 1. The van der Waals surface area contributed by atoms with Crippen LogP contribution in [0.25, 0.3) is 11.3 Å². The molecule has 1 aromatic heterocycles. The standard InChI is InChI=1S/C14H16N2O4/c1-4-20-14(17)12-8-11(15-16-12)10-6-5-9(18-2)7-13(10)19-3/h5-8H,4H2,1-3H3,(H,15,16). The molecule has 0 bridgehead atoms. The molecule has 0 spiro atoms. The maximum absolute atomic E-state index is 11.6. The van der Waals surface area contributed by atoms with Gasteiger partial charge in [-0.3, -0.25) is 5.10 Å². The van der Waals surface area contributed by atoms with Crippen LogP contribution in [0.1, 0.15) is 17.4 Å². The topological polar surface area (TPSA) is 73.4 Å². The largest absolute Gasteiger partial charge is 0.497 e. The van der Waals surface area contributed by atoms with E-state index in [1.807, 2.05) is 12.1 Å². The van der Waals surface area contributed by atoms with Crippen LogP contribution in [0.3, 0.4) is 0 Å². The minimum absolute atomic E-state index is 0.236. The molecule has 0 aliphatic rings. The van der Waals surface area contributed by atoms with Crippen LogP contribution in [0.4, 0.5) is 0 Å². The van der Waals surface area contributed by atoms with E-state index in [2.05, 4.69) is 10.2 Å². The third kappa shape index (κ3) is 2.74. The van der Waals surface area contributed by atoms with Gasteiger partial charge in [0.05, 0.1) is 26.5 Å². The third-order valence-electron chi connectivity index (χ3n) is 2.76. The van der Waals surface area contributed by atoms with Crippen LogP contribution >= 0.6 is 0 Å². The zero-order valence-electron chi connectivity index (χ0n) is 11.6. The number of carbonyl (C=O) groups excluding carboxylic acids is 1. The average molecular weight is 276 g/mol. The normalized spacial score (nSPS) is 10.2. The van der Waals surface area contributed by atoms with Crippen LogP contribution in [0.2, 0.25) is 0 Å². The lowest BCUT2D eigenvalue weighted by Crippen LogP contribution is -2.04. The minimum atomic E-state index is -0.456. The van der Waals surface area contributed by atoms with E-state index in [4.69, 9.17) is 14.2 Å². The lowest BCUT2D eigenvalue weighted by molar-refractivity contribution is 0.0519. The van der Waals surface area contributed by atoms with Crippen LogP contribution < -0.4 is 9.47 Å².